The van der Waals surface area contributed by atoms with Gasteiger partial charge in [-0.3, -0.25) is 14.6 Å². The van der Waals surface area contributed by atoms with Crippen LogP contribution in [0.4, 0.5) is 11.4 Å². The molecule has 4 rings (SSSR count). The van der Waals surface area contributed by atoms with Gasteiger partial charge < -0.3 is 10.2 Å². The molecule has 1 aromatic heterocycles. The molecule has 1 aliphatic heterocycles. The standard InChI is InChI=1S/C25H25N3O2/c1-16(2)18-8-10-21(11-9-18)27-24(29)20-12-13-26-22(15-20)25(30)28-17(3)14-19-6-4-5-7-23(19)28/h4-13,15-17H,14H2,1-3H3,(H,27,29). The summed E-state index contributed by atoms with van der Waals surface area (Å²) >= 11 is 0. The van der Waals surface area contributed by atoms with Gasteiger partial charge in [-0.05, 0) is 60.7 Å². The van der Waals surface area contributed by atoms with E-state index in [2.05, 4.69) is 24.1 Å². The molecule has 1 aliphatic rings. The maximum atomic E-state index is 13.2. The first-order chi connectivity index (χ1) is 14.4. The summed E-state index contributed by atoms with van der Waals surface area (Å²) in [4.78, 5) is 31.9. The zero-order chi connectivity index (χ0) is 21.3. The van der Waals surface area contributed by atoms with Crippen LogP contribution in [0.15, 0.2) is 66.9 Å². The second-order valence-corrected chi connectivity index (χ2v) is 8.02. The van der Waals surface area contributed by atoms with Gasteiger partial charge in [0.2, 0.25) is 0 Å². The molecule has 1 atom stereocenters. The van der Waals surface area contributed by atoms with E-state index in [1.54, 1.807) is 17.0 Å². The van der Waals surface area contributed by atoms with Crippen LogP contribution < -0.4 is 10.2 Å². The number of aromatic nitrogens is 1. The van der Waals surface area contributed by atoms with Gasteiger partial charge in [-0.25, -0.2) is 0 Å². The van der Waals surface area contributed by atoms with Crippen molar-refractivity contribution in [3.05, 3.63) is 89.2 Å². The smallest absolute Gasteiger partial charge is 0.277 e. The van der Waals surface area contributed by atoms with Gasteiger partial charge in [0.05, 0.1) is 0 Å². The van der Waals surface area contributed by atoms with Crippen LogP contribution in [0, 0.1) is 0 Å². The zero-order valence-corrected chi connectivity index (χ0v) is 17.4. The highest BCUT2D eigenvalue weighted by Crippen LogP contribution is 2.32. The number of nitrogens with zero attached hydrogens (tertiary/aromatic N) is 2. The maximum absolute atomic E-state index is 13.2. The number of carbonyl (C=O) groups excluding carboxylic acids is 2. The maximum Gasteiger partial charge on any atom is 0.277 e. The van der Waals surface area contributed by atoms with Crippen LogP contribution in [0.1, 0.15) is 58.7 Å². The van der Waals surface area contributed by atoms with Gasteiger partial charge in [-0.2, -0.15) is 0 Å². The molecule has 0 spiro atoms. The van der Waals surface area contributed by atoms with Crippen molar-refractivity contribution in [1.29, 1.82) is 0 Å². The Bertz CT molecular complexity index is 1090. The first kappa shape index (κ1) is 19.8. The summed E-state index contributed by atoms with van der Waals surface area (Å²) < 4.78 is 0. The summed E-state index contributed by atoms with van der Waals surface area (Å²) in [6.45, 7) is 6.28. The normalized spacial score (nSPS) is 15.2. The third-order valence-corrected chi connectivity index (χ3v) is 5.50. The Kier molecular flexibility index (Phi) is 5.36. The lowest BCUT2D eigenvalue weighted by atomic mass is 10.0. The van der Waals surface area contributed by atoms with E-state index in [9.17, 15) is 9.59 Å². The van der Waals surface area contributed by atoms with Crippen LogP contribution in [0.25, 0.3) is 0 Å². The Balaban J connectivity index is 1.54. The molecule has 2 amide bonds. The van der Waals surface area contributed by atoms with Crippen molar-refractivity contribution >= 4 is 23.2 Å². The molecule has 1 N–H and O–H groups in total. The lowest BCUT2D eigenvalue weighted by molar-refractivity contribution is 0.0976. The largest absolute Gasteiger partial charge is 0.322 e. The van der Waals surface area contributed by atoms with E-state index in [0.29, 0.717) is 11.5 Å². The molecule has 0 saturated heterocycles. The lowest BCUT2D eigenvalue weighted by Gasteiger charge is -2.22. The molecule has 152 valence electrons. The number of para-hydroxylation sites is 1. The third kappa shape index (κ3) is 3.83. The molecule has 0 aliphatic carbocycles. The average molecular weight is 399 g/mol. The van der Waals surface area contributed by atoms with Crippen LogP contribution in [-0.4, -0.2) is 22.8 Å². The van der Waals surface area contributed by atoms with Crippen molar-refractivity contribution in [3.8, 4) is 0 Å². The highest BCUT2D eigenvalue weighted by molar-refractivity contribution is 6.09. The molecule has 3 aromatic rings. The molecule has 0 bridgehead atoms. The summed E-state index contributed by atoms with van der Waals surface area (Å²) in [5.41, 5.74) is 4.66. The van der Waals surface area contributed by atoms with E-state index in [4.69, 9.17) is 0 Å². The summed E-state index contributed by atoms with van der Waals surface area (Å²) in [5, 5.41) is 2.89. The number of hydrogen-bond donors (Lipinski definition) is 1. The SMILES string of the molecule is CC(C)c1ccc(NC(=O)c2ccnc(C(=O)N3c4ccccc4CC3C)c2)cc1. The fourth-order valence-electron chi connectivity index (χ4n) is 3.84. The Labute approximate surface area is 176 Å². The van der Waals surface area contributed by atoms with Crippen molar-refractivity contribution in [2.75, 3.05) is 10.2 Å². The number of rotatable bonds is 4. The van der Waals surface area contributed by atoms with E-state index in [0.717, 1.165) is 23.4 Å². The molecule has 2 heterocycles. The predicted molar refractivity (Wildman–Crippen MR) is 119 cm³/mol. The van der Waals surface area contributed by atoms with Crippen molar-refractivity contribution in [1.82, 2.24) is 4.98 Å². The number of benzene rings is 2. The molecular formula is C25H25N3O2. The van der Waals surface area contributed by atoms with Gasteiger partial charge in [-0.1, -0.05) is 44.2 Å². The number of amides is 2. The quantitative estimate of drug-likeness (QED) is 0.668. The minimum atomic E-state index is -0.265. The topological polar surface area (TPSA) is 62.3 Å². The fraction of sp³-hybridized carbons (Fsp3) is 0.240. The summed E-state index contributed by atoms with van der Waals surface area (Å²) in [6.07, 6.45) is 2.32. The van der Waals surface area contributed by atoms with Gasteiger partial charge in [0.25, 0.3) is 11.8 Å². The molecule has 5 heteroatoms. The third-order valence-electron chi connectivity index (χ3n) is 5.50. The lowest BCUT2D eigenvalue weighted by Crippen LogP contribution is -2.36. The van der Waals surface area contributed by atoms with Crippen molar-refractivity contribution in [3.63, 3.8) is 0 Å². The van der Waals surface area contributed by atoms with Crippen molar-refractivity contribution in [2.45, 2.75) is 39.2 Å². The van der Waals surface area contributed by atoms with E-state index in [1.807, 2.05) is 55.5 Å². The predicted octanol–water partition coefficient (Wildman–Crippen LogP) is 5.05. The van der Waals surface area contributed by atoms with E-state index in [1.165, 1.54) is 11.8 Å². The monoisotopic (exact) mass is 399 g/mol. The van der Waals surface area contributed by atoms with Gasteiger partial charge in [-0.15, -0.1) is 0 Å². The molecular weight excluding hydrogens is 374 g/mol. The van der Waals surface area contributed by atoms with E-state index >= 15 is 0 Å². The molecule has 5 nitrogen and oxygen atoms in total. The molecule has 2 aromatic carbocycles. The highest BCUT2D eigenvalue weighted by atomic mass is 16.2. The number of nitrogens with one attached hydrogen (secondary N) is 1. The first-order valence-electron chi connectivity index (χ1n) is 10.2. The van der Waals surface area contributed by atoms with Gasteiger partial charge in [0.1, 0.15) is 5.69 Å². The van der Waals surface area contributed by atoms with E-state index < -0.39 is 0 Å². The average Bonchev–Trinajstić information content (AvgIpc) is 3.09. The minimum Gasteiger partial charge on any atom is -0.322 e. The van der Waals surface area contributed by atoms with Gasteiger partial charge in [0, 0.05) is 29.2 Å². The number of carbonyl (C=O) groups is 2. The second-order valence-electron chi connectivity index (χ2n) is 8.02. The summed E-state index contributed by atoms with van der Waals surface area (Å²) in [6, 6.07) is 18.9. The van der Waals surface area contributed by atoms with Crippen LogP contribution >= 0.6 is 0 Å². The van der Waals surface area contributed by atoms with Gasteiger partial charge in [0.15, 0.2) is 0 Å². The fourth-order valence-corrected chi connectivity index (χ4v) is 3.84. The van der Waals surface area contributed by atoms with E-state index in [-0.39, 0.29) is 23.6 Å². The Hall–Kier alpha value is -3.47. The Morgan fingerprint density at radius 3 is 2.53 bits per heavy atom. The minimum absolute atomic E-state index is 0.0497. The number of hydrogen-bond acceptors (Lipinski definition) is 3. The van der Waals surface area contributed by atoms with Crippen molar-refractivity contribution in [2.24, 2.45) is 0 Å². The summed E-state index contributed by atoms with van der Waals surface area (Å²) in [5.74, 6) is -0.0244. The molecule has 0 radical (unpaired) electrons. The highest BCUT2D eigenvalue weighted by Gasteiger charge is 2.32. The van der Waals surface area contributed by atoms with Crippen molar-refractivity contribution < 1.29 is 9.59 Å². The zero-order valence-electron chi connectivity index (χ0n) is 17.4. The Morgan fingerprint density at radius 2 is 1.80 bits per heavy atom. The van der Waals surface area contributed by atoms with Crippen LogP contribution in [0.2, 0.25) is 0 Å². The van der Waals surface area contributed by atoms with Crippen LogP contribution in [-0.2, 0) is 6.42 Å². The first-order valence-corrected chi connectivity index (χ1v) is 10.2. The molecule has 0 saturated carbocycles. The second kappa shape index (κ2) is 8.11. The Morgan fingerprint density at radius 1 is 1.07 bits per heavy atom. The molecule has 30 heavy (non-hydrogen) atoms. The van der Waals surface area contributed by atoms with Crippen LogP contribution in [0.3, 0.4) is 0 Å². The number of anilines is 2. The number of fused-ring (bicyclic) bond motifs is 1. The van der Waals surface area contributed by atoms with Gasteiger partial charge >= 0.3 is 0 Å². The number of pyridine rings is 1. The molecule has 1 unspecified atom stereocenters. The summed E-state index contributed by atoms with van der Waals surface area (Å²) in [7, 11) is 0. The molecule has 0 fully saturated rings. The van der Waals surface area contributed by atoms with Crippen LogP contribution in [0.5, 0.6) is 0 Å².